The van der Waals surface area contributed by atoms with Crippen molar-refractivity contribution in [1.29, 1.82) is 0 Å². The number of aryl methyl sites for hydroxylation is 2. The molecule has 3 aromatic carbocycles. The molecule has 0 aliphatic carbocycles. The van der Waals surface area contributed by atoms with Crippen molar-refractivity contribution in [2.75, 3.05) is 17.0 Å². The van der Waals surface area contributed by atoms with Gasteiger partial charge in [0.25, 0.3) is 15.9 Å². The molecule has 0 aromatic heterocycles. The van der Waals surface area contributed by atoms with E-state index in [4.69, 9.17) is 34.8 Å². The summed E-state index contributed by atoms with van der Waals surface area (Å²) in [6.07, 6.45) is 0. The lowest BCUT2D eigenvalue weighted by molar-refractivity contribution is 0.0956. The number of thioether (sulfide) groups is 1. The van der Waals surface area contributed by atoms with Gasteiger partial charge in [0.1, 0.15) is 4.90 Å². The molecule has 0 aliphatic rings. The number of carbonyl (C=O) groups is 1. The first-order chi connectivity index (χ1) is 16.1. The third-order valence-corrected chi connectivity index (χ3v) is 8.37. The second-order valence-electron chi connectivity index (χ2n) is 7.61. The molecule has 0 bridgehead atoms. The van der Waals surface area contributed by atoms with E-state index in [1.807, 2.05) is 32.0 Å². The molecule has 0 unspecified atom stereocenters. The fourth-order valence-electron chi connectivity index (χ4n) is 3.06. The van der Waals surface area contributed by atoms with Gasteiger partial charge in [-0.05, 0) is 66.9 Å². The van der Waals surface area contributed by atoms with Gasteiger partial charge in [0.15, 0.2) is 0 Å². The zero-order valence-corrected chi connectivity index (χ0v) is 22.4. The minimum atomic E-state index is -3.99. The van der Waals surface area contributed by atoms with Gasteiger partial charge in [0, 0.05) is 33.7 Å². The van der Waals surface area contributed by atoms with Crippen LogP contribution in [-0.4, -0.2) is 26.6 Å². The van der Waals surface area contributed by atoms with E-state index in [9.17, 15) is 13.2 Å². The minimum Gasteiger partial charge on any atom is -0.351 e. The van der Waals surface area contributed by atoms with Crippen LogP contribution in [0.1, 0.15) is 27.0 Å². The van der Waals surface area contributed by atoms with Crippen molar-refractivity contribution in [3.05, 3.63) is 91.9 Å². The maximum atomic E-state index is 13.0. The molecular weight excluding hydrogens is 535 g/mol. The highest BCUT2D eigenvalue weighted by Gasteiger charge is 2.21. The Balaban J connectivity index is 1.62. The molecule has 0 aliphatic heterocycles. The molecule has 5 nitrogen and oxygen atoms in total. The summed E-state index contributed by atoms with van der Waals surface area (Å²) < 4.78 is 28.6. The number of amides is 1. The van der Waals surface area contributed by atoms with Gasteiger partial charge < -0.3 is 5.32 Å². The van der Waals surface area contributed by atoms with Crippen molar-refractivity contribution in [2.45, 2.75) is 24.5 Å². The summed E-state index contributed by atoms with van der Waals surface area (Å²) in [5.74, 6) is 0.946. The summed E-state index contributed by atoms with van der Waals surface area (Å²) in [6, 6.07) is 15.0. The maximum absolute atomic E-state index is 13.0. The molecule has 3 rings (SSSR count). The highest BCUT2D eigenvalue weighted by atomic mass is 35.5. The van der Waals surface area contributed by atoms with Crippen LogP contribution in [0, 0.1) is 13.8 Å². The predicted octanol–water partition coefficient (Wildman–Crippen LogP) is 6.73. The standard InChI is InChI=1S/C24H23Cl3N2O3S2/c1-15-3-4-16(2)22(11-15)29-34(31,32)23-12-17(6-8-20(23)26)24(30)28-9-10-33-14-18-5-7-19(25)13-21(18)27/h3-8,11-13,29H,9-10,14H2,1-2H3,(H,28,30). The Morgan fingerprint density at radius 1 is 0.941 bits per heavy atom. The molecule has 0 atom stereocenters. The van der Waals surface area contributed by atoms with Crippen LogP contribution < -0.4 is 10.0 Å². The largest absolute Gasteiger partial charge is 0.351 e. The molecule has 1 amide bonds. The average molecular weight is 558 g/mol. The van der Waals surface area contributed by atoms with Gasteiger partial charge in [0.2, 0.25) is 0 Å². The van der Waals surface area contributed by atoms with Crippen molar-refractivity contribution >= 4 is 68.2 Å². The van der Waals surface area contributed by atoms with Crippen LogP contribution >= 0.6 is 46.6 Å². The number of hydrogen-bond acceptors (Lipinski definition) is 4. The molecule has 2 N–H and O–H groups in total. The Labute approximate surface area is 219 Å². The zero-order valence-electron chi connectivity index (χ0n) is 18.5. The first-order valence-electron chi connectivity index (χ1n) is 10.3. The Morgan fingerprint density at radius 3 is 2.44 bits per heavy atom. The van der Waals surface area contributed by atoms with E-state index in [2.05, 4.69) is 10.0 Å². The van der Waals surface area contributed by atoms with Crippen molar-refractivity contribution in [2.24, 2.45) is 0 Å². The van der Waals surface area contributed by atoms with E-state index < -0.39 is 10.0 Å². The molecule has 0 spiro atoms. The number of carbonyl (C=O) groups excluding carboxylic acids is 1. The summed E-state index contributed by atoms with van der Waals surface area (Å²) in [5.41, 5.74) is 3.32. The van der Waals surface area contributed by atoms with Crippen LogP contribution in [0.25, 0.3) is 0 Å². The summed E-state index contributed by atoms with van der Waals surface area (Å²) in [5, 5.41) is 4.02. The van der Waals surface area contributed by atoms with Crippen LogP contribution in [0.4, 0.5) is 5.69 Å². The number of rotatable bonds is 9. The molecule has 0 radical (unpaired) electrons. The van der Waals surface area contributed by atoms with Gasteiger partial charge in [-0.1, -0.05) is 53.0 Å². The summed E-state index contributed by atoms with van der Waals surface area (Å²) in [6.45, 7) is 4.08. The lowest BCUT2D eigenvalue weighted by atomic mass is 10.1. The fraction of sp³-hybridized carbons (Fsp3) is 0.208. The molecule has 0 saturated heterocycles. The van der Waals surface area contributed by atoms with Crippen LogP contribution in [-0.2, 0) is 15.8 Å². The predicted molar refractivity (Wildman–Crippen MR) is 143 cm³/mol. The highest BCUT2D eigenvalue weighted by molar-refractivity contribution is 7.98. The molecule has 0 heterocycles. The summed E-state index contributed by atoms with van der Waals surface area (Å²) in [4.78, 5) is 12.4. The number of anilines is 1. The van der Waals surface area contributed by atoms with Gasteiger partial charge in [0.05, 0.1) is 10.7 Å². The Hall–Kier alpha value is -1.90. The monoisotopic (exact) mass is 556 g/mol. The normalized spacial score (nSPS) is 11.3. The Bertz CT molecular complexity index is 1310. The third kappa shape index (κ3) is 7.06. The van der Waals surface area contributed by atoms with Gasteiger partial charge in [-0.2, -0.15) is 11.8 Å². The number of sulfonamides is 1. The number of halogens is 3. The molecule has 34 heavy (non-hydrogen) atoms. The Morgan fingerprint density at radius 2 is 1.71 bits per heavy atom. The second-order valence-corrected chi connectivity index (χ2v) is 11.6. The Kier molecular flexibility index (Phi) is 9.18. The van der Waals surface area contributed by atoms with E-state index in [0.717, 1.165) is 16.7 Å². The summed E-state index contributed by atoms with van der Waals surface area (Å²) in [7, 11) is -3.99. The van der Waals surface area contributed by atoms with Gasteiger partial charge >= 0.3 is 0 Å². The number of benzene rings is 3. The minimum absolute atomic E-state index is 0.0322. The number of nitrogens with one attached hydrogen (secondary N) is 2. The van der Waals surface area contributed by atoms with Crippen molar-refractivity contribution in [3.8, 4) is 0 Å². The topological polar surface area (TPSA) is 75.3 Å². The second kappa shape index (κ2) is 11.7. The zero-order chi connectivity index (χ0) is 24.9. The molecule has 10 heteroatoms. The first-order valence-corrected chi connectivity index (χ1v) is 14.0. The number of hydrogen-bond donors (Lipinski definition) is 2. The van der Waals surface area contributed by atoms with Crippen molar-refractivity contribution in [3.63, 3.8) is 0 Å². The lowest BCUT2D eigenvalue weighted by Crippen LogP contribution is -2.26. The van der Waals surface area contributed by atoms with Crippen LogP contribution in [0.15, 0.2) is 59.5 Å². The van der Waals surface area contributed by atoms with E-state index >= 15 is 0 Å². The average Bonchev–Trinajstić information content (AvgIpc) is 2.77. The molecular formula is C24H23Cl3N2O3S2. The molecule has 180 valence electrons. The molecule has 0 saturated carbocycles. The van der Waals surface area contributed by atoms with Crippen LogP contribution in [0.3, 0.4) is 0 Å². The van der Waals surface area contributed by atoms with E-state index in [1.54, 1.807) is 30.0 Å². The van der Waals surface area contributed by atoms with Gasteiger partial charge in [-0.15, -0.1) is 0 Å². The van der Waals surface area contributed by atoms with Gasteiger partial charge in [-0.25, -0.2) is 8.42 Å². The van der Waals surface area contributed by atoms with E-state index in [1.165, 1.54) is 18.2 Å². The quantitative estimate of drug-likeness (QED) is 0.286. The smallest absolute Gasteiger partial charge is 0.263 e. The third-order valence-electron chi connectivity index (χ3n) is 4.92. The maximum Gasteiger partial charge on any atom is 0.263 e. The van der Waals surface area contributed by atoms with E-state index in [0.29, 0.717) is 33.8 Å². The molecule has 0 fully saturated rings. The lowest BCUT2D eigenvalue weighted by Gasteiger charge is -2.13. The SMILES string of the molecule is Cc1ccc(C)c(NS(=O)(=O)c2cc(C(=O)NCCSCc3ccc(Cl)cc3Cl)ccc2Cl)c1. The van der Waals surface area contributed by atoms with Crippen LogP contribution in [0.5, 0.6) is 0 Å². The highest BCUT2D eigenvalue weighted by Crippen LogP contribution is 2.27. The fourth-order valence-corrected chi connectivity index (χ4v) is 6.12. The van der Waals surface area contributed by atoms with Crippen molar-refractivity contribution in [1.82, 2.24) is 5.32 Å². The van der Waals surface area contributed by atoms with Crippen LogP contribution in [0.2, 0.25) is 15.1 Å². The van der Waals surface area contributed by atoms with Crippen molar-refractivity contribution < 1.29 is 13.2 Å². The van der Waals surface area contributed by atoms with E-state index in [-0.39, 0.29) is 21.4 Å². The first kappa shape index (κ1) is 26.7. The van der Waals surface area contributed by atoms with Gasteiger partial charge in [-0.3, -0.25) is 9.52 Å². The summed E-state index contributed by atoms with van der Waals surface area (Å²) >= 11 is 19.9. The molecule has 3 aromatic rings.